The first kappa shape index (κ1) is 17.7. The summed E-state index contributed by atoms with van der Waals surface area (Å²) in [6, 6.07) is 10.6. The maximum atomic E-state index is 13.5. The van der Waals surface area contributed by atoms with Crippen LogP contribution in [-0.2, 0) is 14.9 Å². The molecule has 2 aliphatic heterocycles. The van der Waals surface area contributed by atoms with Crippen molar-refractivity contribution in [2.24, 2.45) is 17.6 Å². The van der Waals surface area contributed by atoms with Crippen LogP contribution in [0, 0.1) is 11.8 Å². The molecule has 3 atom stereocenters. The minimum atomic E-state index is -0.401. The number of likely N-dealkylation sites (tertiary alicyclic amines) is 1. The van der Waals surface area contributed by atoms with Gasteiger partial charge < -0.3 is 15.4 Å². The summed E-state index contributed by atoms with van der Waals surface area (Å²) in [5, 5.41) is 0. The largest absolute Gasteiger partial charge is 0.381 e. The number of carbonyl (C=O) groups excluding carboxylic acids is 1. The highest BCUT2D eigenvalue weighted by molar-refractivity contribution is 5.88. The van der Waals surface area contributed by atoms with Crippen LogP contribution in [0.3, 0.4) is 0 Å². The third-order valence-electron chi connectivity index (χ3n) is 6.28. The molecule has 1 aromatic carbocycles. The number of hydrogen-bond donors (Lipinski definition) is 1. The van der Waals surface area contributed by atoms with Gasteiger partial charge in [-0.1, -0.05) is 30.3 Å². The lowest BCUT2D eigenvalue weighted by Gasteiger charge is -2.39. The minimum Gasteiger partial charge on any atom is -0.381 e. The number of nitrogens with two attached hydrogens (primary N) is 1. The first-order valence-corrected chi connectivity index (χ1v) is 8.89. The highest BCUT2D eigenvalue weighted by atomic mass is 35.5. The fourth-order valence-electron chi connectivity index (χ4n) is 4.88. The Morgan fingerprint density at radius 1 is 1.12 bits per heavy atom. The van der Waals surface area contributed by atoms with E-state index in [0.29, 0.717) is 31.0 Å². The highest BCUT2D eigenvalue weighted by Gasteiger charge is 2.49. The van der Waals surface area contributed by atoms with Gasteiger partial charge in [0.2, 0.25) is 5.91 Å². The molecule has 0 aromatic heterocycles. The Balaban J connectivity index is 0.00000169. The Morgan fingerprint density at radius 2 is 1.83 bits per heavy atom. The maximum absolute atomic E-state index is 13.5. The molecule has 3 unspecified atom stereocenters. The van der Waals surface area contributed by atoms with E-state index in [1.807, 2.05) is 18.2 Å². The van der Waals surface area contributed by atoms with Crippen molar-refractivity contribution in [3.05, 3.63) is 35.9 Å². The first-order chi connectivity index (χ1) is 11.2. The molecule has 1 amide bonds. The Kier molecular flexibility index (Phi) is 5.19. The van der Waals surface area contributed by atoms with Crippen LogP contribution < -0.4 is 5.73 Å². The normalized spacial score (nSPS) is 31.4. The Hall–Kier alpha value is -1.10. The van der Waals surface area contributed by atoms with Crippen molar-refractivity contribution in [2.75, 3.05) is 26.3 Å². The van der Waals surface area contributed by atoms with Gasteiger partial charge in [0.25, 0.3) is 0 Å². The van der Waals surface area contributed by atoms with Gasteiger partial charge in [0.15, 0.2) is 0 Å². The van der Waals surface area contributed by atoms with E-state index >= 15 is 0 Å². The van der Waals surface area contributed by atoms with Gasteiger partial charge in [-0.05, 0) is 43.1 Å². The van der Waals surface area contributed by atoms with Crippen molar-refractivity contribution >= 4 is 18.3 Å². The van der Waals surface area contributed by atoms with Crippen LogP contribution in [0.15, 0.2) is 30.3 Å². The fourth-order valence-corrected chi connectivity index (χ4v) is 4.88. The van der Waals surface area contributed by atoms with Gasteiger partial charge in [-0.15, -0.1) is 12.4 Å². The van der Waals surface area contributed by atoms with Gasteiger partial charge in [-0.3, -0.25) is 4.79 Å². The topological polar surface area (TPSA) is 55.6 Å². The summed E-state index contributed by atoms with van der Waals surface area (Å²) in [7, 11) is 0. The SMILES string of the molecule is Cl.NC1CCC2CN(C(=O)C3(c4ccccc4)CCOCC3)CC12. The number of nitrogens with zero attached hydrogens (tertiary/aromatic N) is 1. The van der Waals surface area contributed by atoms with Gasteiger partial charge in [-0.2, -0.15) is 0 Å². The average Bonchev–Trinajstić information content (AvgIpc) is 3.18. The molecule has 4 rings (SSSR count). The van der Waals surface area contributed by atoms with Crippen LogP contribution in [0.4, 0.5) is 0 Å². The summed E-state index contributed by atoms with van der Waals surface area (Å²) in [5.41, 5.74) is 6.99. The van der Waals surface area contributed by atoms with E-state index in [0.717, 1.165) is 37.9 Å². The molecule has 5 heteroatoms. The zero-order valence-electron chi connectivity index (χ0n) is 14.0. The average molecular weight is 351 g/mol. The van der Waals surface area contributed by atoms with Crippen LogP contribution >= 0.6 is 12.4 Å². The van der Waals surface area contributed by atoms with E-state index in [-0.39, 0.29) is 18.4 Å². The molecule has 0 radical (unpaired) electrons. The van der Waals surface area contributed by atoms with Crippen LogP contribution in [0.25, 0.3) is 0 Å². The van der Waals surface area contributed by atoms with Crippen LogP contribution in [0.5, 0.6) is 0 Å². The number of halogens is 1. The predicted molar refractivity (Wildman–Crippen MR) is 96.2 cm³/mol. The molecular weight excluding hydrogens is 324 g/mol. The second kappa shape index (κ2) is 7.03. The van der Waals surface area contributed by atoms with E-state index < -0.39 is 5.41 Å². The number of amides is 1. The lowest BCUT2D eigenvalue weighted by molar-refractivity contribution is -0.140. The van der Waals surface area contributed by atoms with Crippen LogP contribution in [0.2, 0.25) is 0 Å². The highest BCUT2D eigenvalue weighted by Crippen LogP contribution is 2.42. The van der Waals surface area contributed by atoms with Crippen molar-refractivity contribution in [1.82, 2.24) is 4.90 Å². The summed E-state index contributed by atoms with van der Waals surface area (Å²) in [6.45, 7) is 3.08. The zero-order chi connectivity index (χ0) is 15.9. The minimum absolute atomic E-state index is 0. The molecule has 2 heterocycles. The zero-order valence-corrected chi connectivity index (χ0v) is 14.8. The fraction of sp³-hybridized carbons (Fsp3) is 0.632. The predicted octanol–water partition coefficient (Wildman–Crippen LogP) is 2.35. The quantitative estimate of drug-likeness (QED) is 0.890. The maximum Gasteiger partial charge on any atom is 0.233 e. The lowest BCUT2D eigenvalue weighted by Crippen LogP contribution is -2.49. The van der Waals surface area contributed by atoms with Crippen LogP contribution in [-0.4, -0.2) is 43.2 Å². The van der Waals surface area contributed by atoms with Gasteiger partial charge in [0.05, 0.1) is 5.41 Å². The van der Waals surface area contributed by atoms with Crippen molar-refractivity contribution in [1.29, 1.82) is 0 Å². The smallest absolute Gasteiger partial charge is 0.233 e. The summed E-state index contributed by atoms with van der Waals surface area (Å²) in [4.78, 5) is 15.6. The van der Waals surface area contributed by atoms with Crippen molar-refractivity contribution in [3.63, 3.8) is 0 Å². The lowest BCUT2D eigenvalue weighted by atomic mass is 9.73. The third kappa shape index (κ3) is 2.85. The molecule has 0 spiro atoms. The Labute approximate surface area is 150 Å². The number of benzene rings is 1. The summed E-state index contributed by atoms with van der Waals surface area (Å²) in [6.07, 6.45) is 3.87. The Bertz CT molecular complexity index is 574. The molecule has 1 aromatic rings. The van der Waals surface area contributed by atoms with Gasteiger partial charge in [0, 0.05) is 32.3 Å². The van der Waals surface area contributed by atoms with Gasteiger partial charge in [0.1, 0.15) is 0 Å². The molecule has 1 aliphatic carbocycles. The van der Waals surface area contributed by atoms with Crippen molar-refractivity contribution < 1.29 is 9.53 Å². The summed E-state index contributed by atoms with van der Waals surface area (Å²) in [5.74, 6) is 1.42. The van der Waals surface area contributed by atoms with Crippen molar-refractivity contribution in [2.45, 2.75) is 37.1 Å². The second-order valence-corrected chi connectivity index (χ2v) is 7.44. The molecule has 0 bridgehead atoms. The monoisotopic (exact) mass is 350 g/mol. The Morgan fingerprint density at radius 3 is 2.50 bits per heavy atom. The van der Waals surface area contributed by atoms with E-state index in [1.165, 1.54) is 6.42 Å². The molecule has 3 aliphatic rings. The number of hydrogen-bond acceptors (Lipinski definition) is 3. The molecule has 4 nitrogen and oxygen atoms in total. The number of rotatable bonds is 2. The van der Waals surface area contributed by atoms with E-state index in [2.05, 4.69) is 17.0 Å². The molecule has 132 valence electrons. The van der Waals surface area contributed by atoms with Crippen molar-refractivity contribution in [3.8, 4) is 0 Å². The summed E-state index contributed by atoms with van der Waals surface area (Å²) >= 11 is 0. The third-order valence-corrected chi connectivity index (χ3v) is 6.28. The molecule has 24 heavy (non-hydrogen) atoms. The first-order valence-electron chi connectivity index (χ1n) is 8.89. The van der Waals surface area contributed by atoms with Gasteiger partial charge >= 0.3 is 0 Å². The number of carbonyl (C=O) groups is 1. The molecule has 1 saturated carbocycles. The van der Waals surface area contributed by atoms with E-state index in [9.17, 15) is 4.79 Å². The number of ether oxygens (including phenoxy) is 1. The van der Waals surface area contributed by atoms with Crippen LogP contribution in [0.1, 0.15) is 31.2 Å². The second-order valence-electron chi connectivity index (χ2n) is 7.44. The molecule has 2 N–H and O–H groups in total. The molecular formula is C19H27ClN2O2. The standard InChI is InChI=1S/C19H26N2O2.ClH/c20-17-7-6-14-12-21(13-16(14)17)18(22)19(8-10-23-11-9-19)15-4-2-1-3-5-15;/h1-5,14,16-17H,6-13,20H2;1H. The summed E-state index contributed by atoms with van der Waals surface area (Å²) < 4.78 is 5.56. The van der Waals surface area contributed by atoms with E-state index in [4.69, 9.17) is 10.5 Å². The molecule has 3 fully saturated rings. The van der Waals surface area contributed by atoms with E-state index in [1.54, 1.807) is 0 Å². The van der Waals surface area contributed by atoms with Gasteiger partial charge in [-0.25, -0.2) is 0 Å². The molecule has 2 saturated heterocycles. The number of fused-ring (bicyclic) bond motifs is 1.